The molecule has 1 aliphatic carbocycles. The predicted molar refractivity (Wildman–Crippen MR) is 189 cm³/mol. The number of hydrogen-bond donors (Lipinski definition) is 0. The monoisotopic (exact) mass is 575 g/mol. The summed E-state index contributed by atoms with van der Waals surface area (Å²) in [6.07, 6.45) is 7.81. The zero-order valence-electron chi connectivity index (χ0n) is 25.7. The molecule has 0 spiro atoms. The van der Waals surface area contributed by atoms with Crippen LogP contribution >= 0.6 is 11.3 Å². The summed E-state index contributed by atoms with van der Waals surface area (Å²) < 4.78 is 4.98. The number of pyridine rings is 1. The van der Waals surface area contributed by atoms with Crippen molar-refractivity contribution in [1.82, 2.24) is 9.38 Å². The van der Waals surface area contributed by atoms with Crippen LogP contribution in [-0.4, -0.2) is 16.7 Å². The summed E-state index contributed by atoms with van der Waals surface area (Å²) in [5, 5.41) is 5.16. The minimum atomic E-state index is 0.219. The molecule has 43 heavy (non-hydrogen) atoms. The quantitative estimate of drug-likeness (QED) is 0.191. The molecule has 4 heteroatoms. The van der Waals surface area contributed by atoms with Crippen LogP contribution in [0.25, 0.3) is 65.0 Å². The highest BCUT2D eigenvalue weighted by Crippen LogP contribution is 2.43. The smallest absolute Gasteiger partial charge is 0.156 e. The van der Waals surface area contributed by atoms with Crippen LogP contribution in [0.5, 0.6) is 0 Å². The molecule has 0 saturated carbocycles. The molecule has 0 amide bonds. The van der Waals surface area contributed by atoms with Crippen molar-refractivity contribution >= 4 is 77.8 Å². The number of aryl methyl sites for hydroxylation is 1. The van der Waals surface area contributed by atoms with Crippen molar-refractivity contribution in [1.29, 1.82) is 0 Å². The van der Waals surface area contributed by atoms with E-state index in [0.717, 1.165) is 30.3 Å². The van der Waals surface area contributed by atoms with Crippen molar-refractivity contribution in [2.45, 2.75) is 53.8 Å². The van der Waals surface area contributed by atoms with E-state index in [2.05, 4.69) is 137 Å². The summed E-state index contributed by atoms with van der Waals surface area (Å²) in [4.78, 5) is 5.42. The lowest BCUT2D eigenvalue weighted by Gasteiger charge is -2.39. The zero-order valence-corrected chi connectivity index (χ0v) is 26.5. The molecular formula is C39H36BN2S. The summed E-state index contributed by atoms with van der Waals surface area (Å²) in [5.74, 6) is 0. The molecule has 211 valence electrons. The highest BCUT2D eigenvalue weighted by atomic mass is 32.1. The first-order chi connectivity index (χ1) is 20.7. The molecule has 1 radical (unpaired) electrons. The molecule has 0 fully saturated rings. The Kier molecular flexibility index (Phi) is 5.94. The van der Waals surface area contributed by atoms with Gasteiger partial charge in [-0.05, 0) is 69.8 Å². The van der Waals surface area contributed by atoms with Crippen LogP contribution in [0.15, 0.2) is 84.9 Å². The fourth-order valence-electron chi connectivity index (χ4n) is 6.44. The lowest BCUT2D eigenvalue weighted by atomic mass is 9.53. The molecule has 0 bridgehead atoms. The second kappa shape index (κ2) is 9.56. The number of hydrogen-bond acceptors (Lipinski definition) is 2. The number of benzene rings is 4. The zero-order chi connectivity index (χ0) is 29.5. The van der Waals surface area contributed by atoms with Gasteiger partial charge < -0.3 is 0 Å². The number of imidazole rings is 1. The fourth-order valence-corrected chi connectivity index (χ4v) is 7.63. The van der Waals surface area contributed by atoms with E-state index >= 15 is 0 Å². The van der Waals surface area contributed by atoms with Gasteiger partial charge in [0.2, 0.25) is 0 Å². The van der Waals surface area contributed by atoms with E-state index in [1.54, 1.807) is 0 Å². The Hall–Kier alpha value is -3.89. The van der Waals surface area contributed by atoms with Crippen LogP contribution in [0.1, 0.15) is 52.2 Å². The van der Waals surface area contributed by atoms with E-state index < -0.39 is 0 Å². The number of thiophene rings is 1. The van der Waals surface area contributed by atoms with Gasteiger partial charge >= 0.3 is 0 Å². The largest absolute Gasteiger partial charge is 0.291 e. The van der Waals surface area contributed by atoms with E-state index in [4.69, 9.17) is 4.98 Å². The molecule has 0 N–H and O–H groups in total. The van der Waals surface area contributed by atoms with E-state index in [0.29, 0.717) is 0 Å². The molecule has 0 aliphatic heterocycles. The molecular weight excluding hydrogens is 539 g/mol. The van der Waals surface area contributed by atoms with Crippen molar-refractivity contribution < 1.29 is 0 Å². The third-order valence-corrected chi connectivity index (χ3v) is 11.4. The topological polar surface area (TPSA) is 17.3 Å². The van der Waals surface area contributed by atoms with Gasteiger partial charge in [-0.3, -0.25) is 4.40 Å². The van der Waals surface area contributed by atoms with Gasteiger partial charge in [0.15, 0.2) is 12.9 Å². The van der Waals surface area contributed by atoms with Crippen LogP contribution < -0.4 is 5.46 Å². The molecule has 0 atom stereocenters. The maximum absolute atomic E-state index is 5.42. The van der Waals surface area contributed by atoms with E-state index in [-0.39, 0.29) is 10.8 Å². The Bertz CT molecular complexity index is 2240. The Labute approximate surface area is 258 Å². The number of aromatic nitrogens is 2. The summed E-state index contributed by atoms with van der Waals surface area (Å²) in [6.45, 7) is 11.8. The molecule has 0 saturated heterocycles. The van der Waals surface area contributed by atoms with Gasteiger partial charge in [-0.25, -0.2) is 4.98 Å². The van der Waals surface area contributed by atoms with Crippen molar-refractivity contribution in [2.75, 3.05) is 0 Å². The van der Waals surface area contributed by atoms with E-state index in [9.17, 15) is 0 Å². The lowest BCUT2D eigenvalue weighted by Crippen LogP contribution is -2.33. The predicted octanol–water partition coefficient (Wildman–Crippen LogP) is 10.5. The Morgan fingerprint density at radius 2 is 1.63 bits per heavy atom. The van der Waals surface area contributed by atoms with Gasteiger partial charge in [-0.15, -0.1) is 11.3 Å². The van der Waals surface area contributed by atoms with Crippen molar-refractivity contribution in [3.63, 3.8) is 0 Å². The average Bonchev–Trinajstić information content (AvgIpc) is 3.57. The fraction of sp³-hybridized carbons (Fsp3) is 0.256. The number of fused-ring (bicyclic) bond motifs is 10. The molecule has 1 aliphatic rings. The molecule has 8 rings (SSSR count). The van der Waals surface area contributed by atoms with Crippen LogP contribution in [-0.2, 0) is 6.42 Å². The summed E-state index contributed by atoms with van der Waals surface area (Å²) in [7, 11) is 2.40. The van der Waals surface area contributed by atoms with Gasteiger partial charge in [-0.1, -0.05) is 113 Å². The summed E-state index contributed by atoms with van der Waals surface area (Å²) in [6, 6.07) is 29.6. The number of allylic oxidation sites excluding steroid dienone is 1. The van der Waals surface area contributed by atoms with Crippen LogP contribution in [0.4, 0.5) is 0 Å². The van der Waals surface area contributed by atoms with Gasteiger partial charge in [0.05, 0.1) is 21.4 Å². The third-order valence-electron chi connectivity index (χ3n) is 10.2. The number of nitrogens with zero attached hydrogens (tertiary/aromatic N) is 2. The minimum absolute atomic E-state index is 0.219. The van der Waals surface area contributed by atoms with Gasteiger partial charge in [0, 0.05) is 21.0 Å². The normalized spacial score (nSPS) is 14.0. The second-order valence-corrected chi connectivity index (χ2v) is 15.0. The molecule has 2 nitrogen and oxygen atoms in total. The minimum Gasteiger partial charge on any atom is -0.291 e. The Balaban J connectivity index is 1.35. The Morgan fingerprint density at radius 3 is 2.40 bits per heavy atom. The van der Waals surface area contributed by atoms with Crippen LogP contribution in [0.2, 0.25) is 6.32 Å². The van der Waals surface area contributed by atoms with Crippen molar-refractivity contribution in [3.8, 4) is 11.3 Å². The van der Waals surface area contributed by atoms with Gasteiger partial charge in [-0.2, -0.15) is 0 Å². The highest BCUT2D eigenvalue weighted by molar-refractivity contribution is 7.26. The van der Waals surface area contributed by atoms with Gasteiger partial charge in [0.1, 0.15) is 0 Å². The summed E-state index contributed by atoms with van der Waals surface area (Å²) >= 11 is 1.87. The molecule has 3 aromatic heterocycles. The lowest BCUT2D eigenvalue weighted by molar-refractivity contribution is 0.157. The molecule has 0 unspecified atom stereocenters. The van der Waals surface area contributed by atoms with Gasteiger partial charge in [0.25, 0.3) is 0 Å². The molecule has 3 heterocycles. The van der Waals surface area contributed by atoms with Crippen molar-refractivity contribution in [2.24, 2.45) is 10.8 Å². The van der Waals surface area contributed by atoms with Crippen LogP contribution in [0, 0.1) is 10.8 Å². The standard InChI is InChI=1S/C39H36BN2S/c1-38(2,3)39(4,5)23-40-28-17-14-25(15-18-28)33-22-31-30-20-26-11-6-7-12-27(26)21-34(30)43-36(31)37-41-35-29-13-9-8-10-24(29)16-19-32(35)42(33)37/h6-7,9,11-22H,8,10,23H2,1-5H3. The summed E-state index contributed by atoms with van der Waals surface area (Å²) in [5.41, 5.74) is 10.2. The molecule has 7 aromatic rings. The maximum atomic E-state index is 5.42. The van der Waals surface area contributed by atoms with E-state index in [1.165, 1.54) is 64.3 Å². The highest BCUT2D eigenvalue weighted by Gasteiger charge is 2.32. The van der Waals surface area contributed by atoms with Crippen LogP contribution in [0.3, 0.4) is 0 Å². The second-order valence-electron chi connectivity index (χ2n) is 14.0. The Morgan fingerprint density at radius 1 is 0.860 bits per heavy atom. The van der Waals surface area contributed by atoms with E-state index in [1.807, 2.05) is 11.3 Å². The first-order valence-corrected chi connectivity index (χ1v) is 16.3. The first kappa shape index (κ1) is 26.7. The SMILES string of the molecule is CC(C)(C)C(C)(C)C[B]c1ccc(-c2cc3c4cc5ccccc5cc4sc3c3nc4c5c(ccc4n23)CCC=C5)cc1. The first-order valence-electron chi connectivity index (χ1n) is 15.5. The number of rotatable bonds is 4. The average molecular weight is 576 g/mol. The third kappa shape index (κ3) is 4.25. The van der Waals surface area contributed by atoms with Crippen molar-refractivity contribution in [3.05, 3.63) is 96.1 Å². The maximum Gasteiger partial charge on any atom is 0.156 e. The molecule has 4 aromatic carbocycles.